The largest absolute Gasteiger partial charge is 0.453 e. The van der Waals surface area contributed by atoms with Crippen molar-refractivity contribution < 1.29 is 14.3 Å². The average Bonchev–Trinajstić information content (AvgIpc) is 2.99. The highest BCUT2D eigenvalue weighted by molar-refractivity contribution is 5.80. The van der Waals surface area contributed by atoms with Crippen molar-refractivity contribution in [2.75, 3.05) is 39.9 Å². The zero-order chi connectivity index (χ0) is 20.0. The highest BCUT2D eigenvalue weighted by Crippen LogP contribution is 2.20. The van der Waals surface area contributed by atoms with Crippen LogP contribution in [0.1, 0.15) is 71.1 Å². The number of piperidine rings is 1. The lowest BCUT2D eigenvalue weighted by molar-refractivity contribution is 0.0412. The second kappa shape index (κ2) is 13.6. The predicted molar refractivity (Wildman–Crippen MR) is 113 cm³/mol. The van der Waals surface area contributed by atoms with E-state index in [1.165, 1.54) is 45.6 Å². The van der Waals surface area contributed by atoms with Crippen molar-refractivity contribution in [2.24, 2.45) is 4.99 Å². The molecule has 0 bridgehead atoms. The minimum Gasteiger partial charge on any atom is -0.453 e. The summed E-state index contributed by atoms with van der Waals surface area (Å²) < 4.78 is 10.9. The highest BCUT2D eigenvalue weighted by atomic mass is 16.5. The Hall–Kier alpha value is -1.50. The third kappa shape index (κ3) is 8.67. The highest BCUT2D eigenvalue weighted by Gasteiger charge is 2.23. The molecule has 1 heterocycles. The molecule has 0 aromatic carbocycles. The number of hydrogen-bond acceptors (Lipinski definition) is 4. The molecule has 2 fully saturated rings. The minimum absolute atomic E-state index is 0.231. The Kier molecular flexibility index (Phi) is 11.1. The van der Waals surface area contributed by atoms with Crippen molar-refractivity contribution in [3.8, 4) is 0 Å². The summed E-state index contributed by atoms with van der Waals surface area (Å²) in [5, 5.41) is 6.84. The van der Waals surface area contributed by atoms with Crippen molar-refractivity contribution in [3.63, 3.8) is 0 Å². The molecule has 1 amide bonds. The van der Waals surface area contributed by atoms with Crippen LogP contribution in [0.4, 0.5) is 4.79 Å². The Balaban J connectivity index is 1.61. The Morgan fingerprint density at radius 1 is 1.07 bits per heavy atom. The molecule has 1 aliphatic carbocycles. The second-order valence-electron chi connectivity index (χ2n) is 7.83. The van der Waals surface area contributed by atoms with Crippen LogP contribution in [0.3, 0.4) is 0 Å². The summed E-state index contributed by atoms with van der Waals surface area (Å²) in [6.07, 6.45) is 12.1. The van der Waals surface area contributed by atoms with E-state index in [9.17, 15) is 4.79 Å². The molecule has 0 spiro atoms. The summed E-state index contributed by atoms with van der Waals surface area (Å²) in [4.78, 5) is 18.1. The molecule has 7 heteroatoms. The number of amides is 1. The Morgan fingerprint density at radius 2 is 1.79 bits per heavy atom. The van der Waals surface area contributed by atoms with Crippen molar-refractivity contribution in [1.82, 2.24) is 15.5 Å². The molecule has 2 aliphatic rings. The molecule has 1 saturated carbocycles. The van der Waals surface area contributed by atoms with Crippen LogP contribution in [0.15, 0.2) is 4.99 Å². The monoisotopic (exact) mass is 396 g/mol. The Morgan fingerprint density at radius 3 is 2.43 bits per heavy atom. The van der Waals surface area contributed by atoms with E-state index in [1.807, 2.05) is 0 Å². The topological polar surface area (TPSA) is 75.2 Å². The zero-order valence-corrected chi connectivity index (χ0v) is 17.9. The van der Waals surface area contributed by atoms with E-state index in [0.29, 0.717) is 12.1 Å². The first-order valence-electron chi connectivity index (χ1n) is 11.2. The minimum atomic E-state index is -0.231. The van der Waals surface area contributed by atoms with E-state index in [2.05, 4.69) is 17.6 Å². The molecule has 0 radical (unpaired) electrons. The number of carbonyl (C=O) groups is 1. The van der Waals surface area contributed by atoms with Crippen LogP contribution in [-0.4, -0.2) is 69.0 Å². The van der Waals surface area contributed by atoms with E-state index >= 15 is 0 Å². The average molecular weight is 397 g/mol. The molecule has 1 aliphatic heterocycles. The van der Waals surface area contributed by atoms with Gasteiger partial charge in [0.25, 0.3) is 0 Å². The normalized spacial score (nSPS) is 19.9. The Labute approximate surface area is 170 Å². The SMILES string of the molecule is CCNC(=NCCCCOC1CCCCCC1)NC1CCN(C(=O)OC)CC1. The standard InChI is InChI=1S/C21H40N4O3/c1-3-22-20(24-18-12-15-25(16-13-18)21(26)27-2)23-14-8-9-17-28-19-10-6-4-5-7-11-19/h18-19H,3-17H2,1-2H3,(H2,22,23,24). The first-order chi connectivity index (χ1) is 13.7. The van der Waals surface area contributed by atoms with E-state index in [1.54, 1.807) is 4.90 Å². The molecular weight excluding hydrogens is 356 g/mol. The van der Waals surface area contributed by atoms with Crippen LogP contribution >= 0.6 is 0 Å². The fourth-order valence-electron chi connectivity index (χ4n) is 3.91. The molecule has 28 heavy (non-hydrogen) atoms. The second-order valence-corrected chi connectivity index (χ2v) is 7.83. The lowest BCUT2D eigenvalue weighted by Crippen LogP contribution is -2.49. The first kappa shape index (κ1) is 22.8. The molecule has 0 atom stereocenters. The van der Waals surface area contributed by atoms with Crippen LogP contribution < -0.4 is 10.6 Å². The molecule has 0 aromatic rings. The molecule has 0 unspecified atom stereocenters. The fraction of sp³-hybridized carbons (Fsp3) is 0.905. The molecule has 2 N–H and O–H groups in total. The van der Waals surface area contributed by atoms with Gasteiger partial charge in [-0.2, -0.15) is 0 Å². The molecule has 0 aromatic heterocycles. The van der Waals surface area contributed by atoms with Crippen LogP contribution in [-0.2, 0) is 9.47 Å². The number of nitrogens with one attached hydrogen (secondary N) is 2. The molecule has 162 valence electrons. The van der Waals surface area contributed by atoms with Crippen molar-refractivity contribution in [2.45, 2.75) is 83.3 Å². The summed E-state index contributed by atoms with van der Waals surface area (Å²) in [5.41, 5.74) is 0. The maximum atomic E-state index is 11.6. The number of aliphatic imine (C=N–C) groups is 1. The summed E-state index contributed by atoms with van der Waals surface area (Å²) in [5.74, 6) is 0.878. The van der Waals surface area contributed by atoms with Gasteiger partial charge in [0.1, 0.15) is 0 Å². The first-order valence-corrected chi connectivity index (χ1v) is 11.2. The quantitative estimate of drug-likeness (QED) is 0.285. The van der Waals surface area contributed by atoms with Crippen molar-refractivity contribution in [3.05, 3.63) is 0 Å². The van der Waals surface area contributed by atoms with Gasteiger partial charge in [-0.15, -0.1) is 0 Å². The number of nitrogens with zero attached hydrogens (tertiary/aromatic N) is 2. The number of carbonyl (C=O) groups excluding carboxylic acids is 1. The maximum Gasteiger partial charge on any atom is 0.409 e. The number of ether oxygens (including phenoxy) is 2. The van der Waals surface area contributed by atoms with Gasteiger partial charge in [-0.3, -0.25) is 4.99 Å². The third-order valence-corrected chi connectivity index (χ3v) is 5.59. The van der Waals surface area contributed by atoms with Gasteiger partial charge in [-0.05, 0) is 45.4 Å². The van der Waals surface area contributed by atoms with Crippen LogP contribution in [0, 0.1) is 0 Å². The van der Waals surface area contributed by atoms with Crippen LogP contribution in [0.5, 0.6) is 0 Å². The number of guanidine groups is 1. The van der Waals surface area contributed by atoms with Crippen LogP contribution in [0.2, 0.25) is 0 Å². The van der Waals surface area contributed by atoms with E-state index in [0.717, 1.165) is 64.4 Å². The smallest absolute Gasteiger partial charge is 0.409 e. The Bertz CT molecular complexity index is 457. The number of methoxy groups -OCH3 is 1. The fourth-order valence-corrected chi connectivity index (χ4v) is 3.91. The van der Waals surface area contributed by atoms with Gasteiger partial charge in [-0.25, -0.2) is 4.79 Å². The van der Waals surface area contributed by atoms with Crippen molar-refractivity contribution in [1.29, 1.82) is 0 Å². The molecule has 2 rings (SSSR count). The zero-order valence-electron chi connectivity index (χ0n) is 17.9. The van der Waals surface area contributed by atoms with E-state index < -0.39 is 0 Å². The summed E-state index contributed by atoms with van der Waals surface area (Å²) >= 11 is 0. The number of unbranched alkanes of at least 4 members (excludes halogenated alkanes) is 1. The molecule has 7 nitrogen and oxygen atoms in total. The van der Waals surface area contributed by atoms with Gasteiger partial charge >= 0.3 is 6.09 Å². The third-order valence-electron chi connectivity index (χ3n) is 5.59. The molecular formula is C21H40N4O3. The summed E-state index contributed by atoms with van der Waals surface area (Å²) in [6.45, 7) is 6.04. The van der Waals surface area contributed by atoms with Gasteiger partial charge < -0.3 is 25.0 Å². The summed E-state index contributed by atoms with van der Waals surface area (Å²) in [7, 11) is 1.43. The van der Waals surface area contributed by atoms with Crippen LogP contribution in [0.25, 0.3) is 0 Å². The lowest BCUT2D eigenvalue weighted by Gasteiger charge is -2.32. The predicted octanol–water partition coefficient (Wildman–Crippen LogP) is 3.29. The van der Waals surface area contributed by atoms with E-state index in [4.69, 9.17) is 14.5 Å². The van der Waals surface area contributed by atoms with Gasteiger partial charge in [0.05, 0.1) is 13.2 Å². The van der Waals surface area contributed by atoms with Gasteiger partial charge in [0, 0.05) is 38.8 Å². The van der Waals surface area contributed by atoms with Gasteiger partial charge in [0.2, 0.25) is 0 Å². The number of rotatable bonds is 8. The van der Waals surface area contributed by atoms with Gasteiger partial charge in [-0.1, -0.05) is 25.7 Å². The summed E-state index contributed by atoms with van der Waals surface area (Å²) in [6, 6.07) is 0.345. The van der Waals surface area contributed by atoms with Gasteiger partial charge in [0.15, 0.2) is 5.96 Å². The lowest BCUT2D eigenvalue weighted by atomic mass is 10.1. The maximum absolute atomic E-state index is 11.6. The number of likely N-dealkylation sites (tertiary alicyclic amines) is 1. The molecule has 1 saturated heterocycles. The van der Waals surface area contributed by atoms with Crippen molar-refractivity contribution >= 4 is 12.1 Å². The number of hydrogen-bond donors (Lipinski definition) is 2. The van der Waals surface area contributed by atoms with E-state index in [-0.39, 0.29) is 6.09 Å².